The number of aromatic nitrogens is 1. The number of hydrogen-bond donors (Lipinski definition) is 1. The molecular weight excluding hydrogens is 588 g/mol. The van der Waals surface area contributed by atoms with Gasteiger partial charge in [0, 0.05) is 39.9 Å². The van der Waals surface area contributed by atoms with E-state index in [1.54, 1.807) is 53.4 Å². The largest absolute Gasteiger partial charge is 0.373 e. The van der Waals surface area contributed by atoms with Crippen LogP contribution in [-0.4, -0.2) is 67.4 Å². The van der Waals surface area contributed by atoms with Crippen LogP contribution in [0.3, 0.4) is 0 Å². The van der Waals surface area contributed by atoms with E-state index in [9.17, 15) is 8.42 Å². The Kier molecular flexibility index (Phi) is 13.9. The Morgan fingerprint density at radius 2 is 1.97 bits per heavy atom. The second kappa shape index (κ2) is 16.0. The van der Waals surface area contributed by atoms with Gasteiger partial charge in [0.25, 0.3) is 0 Å². The third-order valence-corrected chi connectivity index (χ3v) is 11.0. The molecule has 6 nitrogen and oxygen atoms in total. The van der Waals surface area contributed by atoms with Gasteiger partial charge in [-0.05, 0) is 68.8 Å². The molecule has 10 heteroatoms. The third-order valence-electron chi connectivity index (χ3n) is 6.07. The summed E-state index contributed by atoms with van der Waals surface area (Å²) in [6, 6.07) is 7.40. The van der Waals surface area contributed by atoms with E-state index < -0.39 is 15.1 Å². The van der Waals surface area contributed by atoms with Crippen molar-refractivity contribution in [1.82, 2.24) is 15.2 Å². The summed E-state index contributed by atoms with van der Waals surface area (Å²) < 4.78 is 27.6. The second-order valence-electron chi connectivity index (χ2n) is 8.66. The van der Waals surface area contributed by atoms with Crippen LogP contribution < -0.4 is 5.32 Å². The number of aryl methyl sites for hydroxylation is 1. The molecule has 2 atom stereocenters. The SMILES string of the molecule is CC=CC(C(=NCCSCc1nc(CC(C)N(CC)CC)sc1C)NCC)S(=O)(=O)c1ccccc1Br. The lowest BCUT2D eigenvalue weighted by molar-refractivity contribution is 0.230. The number of allylic oxidation sites excluding steroid dienone is 1. The van der Waals surface area contributed by atoms with Gasteiger partial charge in [-0.1, -0.05) is 38.1 Å². The molecule has 0 aliphatic carbocycles. The van der Waals surface area contributed by atoms with Crippen molar-refractivity contribution in [2.75, 3.05) is 31.9 Å². The summed E-state index contributed by atoms with van der Waals surface area (Å²) in [4.78, 5) is 13.6. The zero-order valence-electron chi connectivity index (χ0n) is 22.8. The van der Waals surface area contributed by atoms with Crippen LogP contribution in [0.1, 0.15) is 50.2 Å². The van der Waals surface area contributed by atoms with Crippen LogP contribution in [0.5, 0.6) is 0 Å². The van der Waals surface area contributed by atoms with Crippen LogP contribution in [0.25, 0.3) is 0 Å². The molecule has 1 aromatic carbocycles. The van der Waals surface area contributed by atoms with Gasteiger partial charge in [0.15, 0.2) is 9.84 Å². The molecular formula is C27H41BrN4O2S3. The summed E-state index contributed by atoms with van der Waals surface area (Å²) in [5.41, 5.74) is 1.15. The Morgan fingerprint density at radius 3 is 2.59 bits per heavy atom. The molecule has 1 N–H and O–H groups in total. The van der Waals surface area contributed by atoms with Crippen molar-refractivity contribution in [2.24, 2.45) is 4.99 Å². The zero-order valence-corrected chi connectivity index (χ0v) is 26.9. The van der Waals surface area contributed by atoms with E-state index in [0.29, 0.717) is 29.4 Å². The van der Waals surface area contributed by atoms with Crippen LogP contribution in [-0.2, 0) is 22.0 Å². The monoisotopic (exact) mass is 628 g/mol. The van der Waals surface area contributed by atoms with Crippen molar-refractivity contribution in [1.29, 1.82) is 0 Å². The minimum absolute atomic E-state index is 0.267. The molecule has 1 aromatic heterocycles. The van der Waals surface area contributed by atoms with E-state index >= 15 is 0 Å². The van der Waals surface area contributed by atoms with E-state index in [0.717, 1.165) is 36.7 Å². The standard InChI is InChI=1S/C27H41BrN4O2S3/c1-7-13-25(37(33,34)24-15-12-11-14-22(24)28)27(29-8-2)30-16-17-35-19-23-21(6)36-26(31-23)18-20(5)32(9-3)10-4/h7,11-15,20,25H,8-10,16-19H2,1-6H3,(H,29,30). The highest BCUT2D eigenvalue weighted by Gasteiger charge is 2.31. The Bertz CT molecular complexity index is 1140. The summed E-state index contributed by atoms with van der Waals surface area (Å²) in [5.74, 6) is 2.10. The van der Waals surface area contributed by atoms with Crippen LogP contribution in [0, 0.1) is 6.92 Å². The lowest BCUT2D eigenvalue weighted by Crippen LogP contribution is -2.39. The van der Waals surface area contributed by atoms with Crippen molar-refractivity contribution >= 4 is 54.7 Å². The van der Waals surface area contributed by atoms with Gasteiger partial charge < -0.3 is 10.2 Å². The topological polar surface area (TPSA) is 74.7 Å². The number of thiazole rings is 1. The number of thioether (sulfide) groups is 1. The van der Waals surface area contributed by atoms with E-state index in [-0.39, 0.29) is 4.90 Å². The van der Waals surface area contributed by atoms with Crippen LogP contribution >= 0.6 is 39.0 Å². The maximum atomic E-state index is 13.5. The molecule has 0 saturated carbocycles. The lowest BCUT2D eigenvalue weighted by Gasteiger charge is -2.25. The molecule has 0 aliphatic rings. The molecule has 1 heterocycles. The molecule has 0 fully saturated rings. The maximum absolute atomic E-state index is 13.5. The van der Waals surface area contributed by atoms with Crippen molar-refractivity contribution in [2.45, 2.75) is 69.9 Å². The number of sulfone groups is 1. The number of amidine groups is 1. The van der Waals surface area contributed by atoms with Crippen LogP contribution in [0.4, 0.5) is 0 Å². The van der Waals surface area contributed by atoms with Gasteiger partial charge in [0.2, 0.25) is 0 Å². The number of benzene rings is 1. The first-order valence-corrected chi connectivity index (χ1v) is 17.2. The van der Waals surface area contributed by atoms with E-state index in [1.165, 1.54) is 9.88 Å². The molecule has 0 spiro atoms. The fourth-order valence-electron chi connectivity index (χ4n) is 4.09. The van der Waals surface area contributed by atoms with E-state index in [4.69, 9.17) is 9.98 Å². The Balaban J connectivity index is 2.05. The number of nitrogens with one attached hydrogen (secondary N) is 1. The second-order valence-corrected chi connectivity index (χ2v) is 13.9. The predicted molar refractivity (Wildman–Crippen MR) is 165 cm³/mol. The molecule has 206 valence electrons. The smallest absolute Gasteiger partial charge is 0.193 e. The number of nitrogens with zero attached hydrogens (tertiary/aromatic N) is 3. The molecule has 0 aliphatic heterocycles. The average molecular weight is 630 g/mol. The zero-order chi connectivity index (χ0) is 27.4. The fourth-order valence-corrected chi connectivity index (χ4v) is 8.75. The maximum Gasteiger partial charge on any atom is 0.193 e. The Morgan fingerprint density at radius 1 is 1.27 bits per heavy atom. The molecule has 0 radical (unpaired) electrons. The summed E-state index contributed by atoms with van der Waals surface area (Å²) in [6.07, 6.45) is 4.44. The predicted octanol–water partition coefficient (Wildman–Crippen LogP) is 6.15. The minimum atomic E-state index is -3.67. The van der Waals surface area contributed by atoms with Crippen molar-refractivity contribution in [3.8, 4) is 0 Å². The highest BCUT2D eigenvalue weighted by molar-refractivity contribution is 9.10. The van der Waals surface area contributed by atoms with Gasteiger partial charge in [-0.3, -0.25) is 4.99 Å². The Hall–Kier alpha value is -1.20. The average Bonchev–Trinajstić information content (AvgIpc) is 3.21. The van der Waals surface area contributed by atoms with Gasteiger partial charge in [0.05, 0.1) is 22.1 Å². The van der Waals surface area contributed by atoms with E-state index in [2.05, 4.69) is 53.8 Å². The highest BCUT2D eigenvalue weighted by atomic mass is 79.9. The summed E-state index contributed by atoms with van der Waals surface area (Å²) in [5, 5.41) is 3.54. The Labute approximate surface area is 240 Å². The van der Waals surface area contributed by atoms with Gasteiger partial charge in [-0.15, -0.1) is 11.3 Å². The molecule has 2 unspecified atom stereocenters. The first-order chi connectivity index (χ1) is 17.7. The van der Waals surface area contributed by atoms with Gasteiger partial charge in [0.1, 0.15) is 11.1 Å². The highest BCUT2D eigenvalue weighted by Crippen LogP contribution is 2.27. The number of aliphatic imine (C=N–C) groups is 1. The number of rotatable bonds is 15. The molecule has 0 bridgehead atoms. The van der Waals surface area contributed by atoms with E-state index in [1.807, 2.05) is 19.9 Å². The summed E-state index contributed by atoms with van der Waals surface area (Å²) in [6.45, 7) is 15.8. The van der Waals surface area contributed by atoms with Crippen molar-refractivity contribution in [3.05, 3.63) is 56.5 Å². The van der Waals surface area contributed by atoms with Crippen LogP contribution in [0.15, 0.2) is 50.8 Å². The molecule has 2 aromatic rings. The fraction of sp³-hybridized carbons (Fsp3) is 0.556. The number of likely N-dealkylation sites (N-methyl/N-ethyl adjacent to an activating group) is 1. The first kappa shape index (κ1) is 32.0. The van der Waals surface area contributed by atoms with Crippen LogP contribution in [0.2, 0.25) is 0 Å². The van der Waals surface area contributed by atoms with Gasteiger partial charge in [-0.2, -0.15) is 11.8 Å². The first-order valence-electron chi connectivity index (χ1n) is 12.9. The normalized spacial score (nSPS) is 14.4. The summed E-state index contributed by atoms with van der Waals surface area (Å²) in [7, 11) is -3.67. The van der Waals surface area contributed by atoms with Crippen molar-refractivity contribution < 1.29 is 8.42 Å². The molecule has 0 amide bonds. The van der Waals surface area contributed by atoms with Crippen molar-refractivity contribution in [3.63, 3.8) is 0 Å². The number of hydrogen-bond acceptors (Lipinski definition) is 7. The van der Waals surface area contributed by atoms with Gasteiger partial charge in [-0.25, -0.2) is 13.4 Å². The van der Waals surface area contributed by atoms with Gasteiger partial charge >= 0.3 is 0 Å². The lowest BCUT2D eigenvalue weighted by atomic mass is 10.2. The number of halogens is 1. The molecule has 2 rings (SSSR count). The molecule has 0 saturated heterocycles. The molecule has 37 heavy (non-hydrogen) atoms. The minimum Gasteiger partial charge on any atom is -0.373 e. The quantitative estimate of drug-likeness (QED) is 0.110. The third kappa shape index (κ3) is 9.20. The summed E-state index contributed by atoms with van der Waals surface area (Å²) >= 11 is 6.98.